The van der Waals surface area contributed by atoms with Crippen LogP contribution in [-0.2, 0) is 9.53 Å². The smallest absolute Gasteiger partial charge is 0.407 e. The zero-order chi connectivity index (χ0) is 13.1. The summed E-state index contributed by atoms with van der Waals surface area (Å²) in [4.78, 5) is 22.5. The van der Waals surface area contributed by atoms with Crippen LogP contribution in [-0.4, -0.2) is 23.0 Å². The number of ether oxygens (including phenoxy) is 1. The van der Waals surface area contributed by atoms with Gasteiger partial charge in [-0.15, -0.1) is 0 Å². The quantitative estimate of drug-likeness (QED) is 0.778. The SMILES string of the molecule is CC(C)(C)OC(=O)N[C@H]1CC[C@H](C(=O)Cl)CC1. The molecular weight excluding hydrogens is 242 g/mol. The second-order valence-corrected chi connectivity index (χ2v) is 5.87. The molecule has 1 saturated carbocycles. The van der Waals surface area contributed by atoms with E-state index in [9.17, 15) is 9.59 Å². The molecule has 98 valence electrons. The lowest BCUT2D eigenvalue weighted by molar-refractivity contribution is -0.116. The normalized spacial score (nSPS) is 25.2. The Morgan fingerprint density at radius 1 is 1.18 bits per heavy atom. The third-order valence-electron chi connectivity index (χ3n) is 2.77. The summed E-state index contributed by atoms with van der Waals surface area (Å²) in [6.07, 6.45) is 2.65. The maximum absolute atomic E-state index is 11.5. The van der Waals surface area contributed by atoms with Crippen LogP contribution in [0.4, 0.5) is 4.79 Å². The van der Waals surface area contributed by atoms with E-state index in [1.807, 2.05) is 20.8 Å². The molecule has 0 aliphatic heterocycles. The average molecular weight is 262 g/mol. The van der Waals surface area contributed by atoms with Crippen molar-refractivity contribution in [3.8, 4) is 0 Å². The van der Waals surface area contributed by atoms with Gasteiger partial charge in [-0.25, -0.2) is 4.79 Å². The highest BCUT2D eigenvalue weighted by atomic mass is 35.5. The summed E-state index contributed by atoms with van der Waals surface area (Å²) in [7, 11) is 0. The number of hydrogen-bond acceptors (Lipinski definition) is 3. The fourth-order valence-corrected chi connectivity index (χ4v) is 2.16. The summed E-state index contributed by atoms with van der Waals surface area (Å²) >= 11 is 5.45. The molecule has 17 heavy (non-hydrogen) atoms. The number of carbonyl (C=O) groups excluding carboxylic acids is 2. The molecule has 0 aromatic rings. The molecule has 5 heteroatoms. The van der Waals surface area contributed by atoms with Gasteiger partial charge >= 0.3 is 6.09 Å². The number of nitrogens with one attached hydrogen (secondary N) is 1. The van der Waals surface area contributed by atoms with E-state index in [1.165, 1.54) is 0 Å². The van der Waals surface area contributed by atoms with E-state index < -0.39 is 11.7 Å². The lowest BCUT2D eigenvalue weighted by Crippen LogP contribution is -2.41. The molecule has 0 spiro atoms. The van der Waals surface area contributed by atoms with Crippen LogP contribution in [0.5, 0.6) is 0 Å². The summed E-state index contributed by atoms with van der Waals surface area (Å²) in [5, 5.41) is 2.56. The first-order valence-electron chi connectivity index (χ1n) is 5.97. The first kappa shape index (κ1) is 14.3. The van der Waals surface area contributed by atoms with Crippen molar-refractivity contribution in [2.24, 2.45) is 5.92 Å². The van der Waals surface area contributed by atoms with E-state index >= 15 is 0 Å². The Balaban J connectivity index is 2.31. The third-order valence-corrected chi connectivity index (χ3v) is 3.08. The summed E-state index contributed by atoms with van der Waals surface area (Å²) in [5.41, 5.74) is -0.479. The molecule has 0 aromatic heterocycles. The van der Waals surface area contributed by atoms with Gasteiger partial charge in [0.15, 0.2) is 0 Å². The number of alkyl carbamates (subject to hydrolysis) is 1. The molecule has 1 N–H and O–H groups in total. The van der Waals surface area contributed by atoms with Gasteiger partial charge in [0, 0.05) is 12.0 Å². The molecule has 1 fully saturated rings. The third kappa shape index (κ3) is 5.39. The Labute approximate surface area is 107 Å². The zero-order valence-corrected chi connectivity index (χ0v) is 11.3. The van der Waals surface area contributed by atoms with E-state index in [2.05, 4.69) is 5.32 Å². The first-order chi connectivity index (χ1) is 7.78. The van der Waals surface area contributed by atoms with Gasteiger partial charge in [-0.3, -0.25) is 4.79 Å². The number of rotatable bonds is 2. The van der Waals surface area contributed by atoms with Gasteiger partial charge < -0.3 is 10.1 Å². The van der Waals surface area contributed by atoms with Crippen LogP contribution >= 0.6 is 11.6 Å². The highest BCUT2D eigenvalue weighted by molar-refractivity contribution is 6.63. The largest absolute Gasteiger partial charge is 0.444 e. The minimum atomic E-state index is -0.479. The van der Waals surface area contributed by atoms with Crippen LogP contribution in [0.3, 0.4) is 0 Å². The van der Waals surface area contributed by atoms with Crippen molar-refractivity contribution in [1.82, 2.24) is 5.32 Å². The van der Waals surface area contributed by atoms with Gasteiger partial charge in [0.05, 0.1) is 0 Å². The number of halogens is 1. The molecule has 0 unspecified atom stereocenters. The van der Waals surface area contributed by atoms with Gasteiger partial charge in [0.2, 0.25) is 5.24 Å². The fraction of sp³-hybridized carbons (Fsp3) is 0.833. The summed E-state index contributed by atoms with van der Waals surface area (Å²) in [5.74, 6) is -0.0478. The Morgan fingerprint density at radius 2 is 1.71 bits per heavy atom. The maximum Gasteiger partial charge on any atom is 0.407 e. The van der Waals surface area contributed by atoms with Crippen molar-refractivity contribution in [1.29, 1.82) is 0 Å². The second-order valence-electron chi connectivity index (χ2n) is 5.50. The molecule has 0 aromatic carbocycles. The van der Waals surface area contributed by atoms with E-state index in [1.54, 1.807) is 0 Å². The Morgan fingerprint density at radius 3 is 2.12 bits per heavy atom. The first-order valence-corrected chi connectivity index (χ1v) is 6.34. The summed E-state index contributed by atoms with van der Waals surface area (Å²) in [6, 6.07) is 0.0946. The van der Waals surface area contributed by atoms with Crippen LogP contribution in [0.25, 0.3) is 0 Å². The molecule has 0 heterocycles. The topological polar surface area (TPSA) is 55.4 Å². The van der Waals surface area contributed by atoms with Crippen LogP contribution in [0.1, 0.15) is 46.5 Å². The number of amides is 1. The highest BCUT2D eigenvalue weighted by Crippen LogP contribution is 2.26. The van der Waals surface area contributed by atoms with Crippen molar-refractivity contribution in [3.05, 3.63) is 0 Å². The summed E-state index contributed by atoms with van der Waals surface area (Å²) in [6.45, 7) is 5.49. The maximum atomic E-state index is 11.5. The molecule has 0 atom stereocenters. The van der Waals surface area contributed by atoms with Crippen LogP contribution in [0.15, 0.2) is 0 Å². The molecule has 0 radical (unpaired) electrons. The Hall–Kier alpha value is -0.770. The predicted molar refractivity (Wildman–Crippen MR) is 66.0 cm³/mol. The van der Waals surface area contributed by atoms with Crippen molar-refractivity contribution in [3.63, 3.8) is 0 Å². The monoisotopic (exact) mass is 261 g/mol. The van der Waals surface area contributed by atoms with Crippen molar-refractivity contribution >= 4 is 22.9 Å². The van der Waals surface area contributed by atoms with E-state index in [-0.39, 0.29) is 17.2 Å². The molecular formula is C12H20ClNO3. The van der Waals surface area contributed by atoms with Gasteiger partial charge in [0.1, 0.15) is 5.60 Å². The van der Waals surface area contributed by atoms with E-state index in [4.69, 9.17) is 16.3 Å². The van der Waals surface area contributed by atoms with Crippen LogP contribution in [0, 0.1) is 5.92 Å². The van der Waals surface area contributed by atoms with Gasteiger partial charge in [-0.1, -0.05) is 0 Å². The molecule has 0 bridgehead atoms. The second kappa shape index (κ2) is 5.71. The van der Waals surface area contributed by atoms with Crippen LogP contribution < -0.4 is 5.32 Å². The predicted octanol–water partition coefficient (Wildman–Crippen LogP) is 2.84. The average Bonchev–Trinajstić information content (AvgIpc) is 2.15. The van der Waals surface area contributed by atoms with Crippen LogP contribution in [0.2, 0.25) is 0 Å². The van der Waals surface area contributed by atoms with Gasteiger partial charge in [0.25, 0.3) is 0 Å². The van der Waals surface area contributed by atoms with Crippen molar-refractivity contribution < 1.29 is 14.3 Å². The minimum absolute atomic E-state index is 0.0478. The zero-order valence-electron chi connectivity index (χ0n) is 10.6. The fourth-order valence-electron chi connectivity index (χ4n) is 1.94. The Bertz CT molecular complexity index is 291. The van der Waals surface area contributed by atoms with E-state index in [0.717, 1.165) is 25.7 Å². The molecule has 4 nitrogen and oxygen atoms in total. The van der Waals surface area contributed by atoms with Crippen molar-refractivity contribution in [2.75, 3.05) is 0 Å². The molecule has 1 amide bonds. The van der Waals surface area contributed by atoms with Crippen molar-refractivity contribution in [2.45, 2.75) is 58.1 Å². The molecule has 1 aliphatic carbocycles. The molecule has 1 aliphatic rings. The minimum Gasteiger partial charge on any atom is -0.444 e. The number of hydrogen-bond donors (Lipinski definition) is 1. The lowest BCUT2D eigenvalue weighted by atomic mass is 9.87. The highest BCUT2D eigenvalue weighted by Gasteiger charge is 2.27. The Kier molecular flexibility index (Phi) is 4.80. The van der Waals surface area contributed by atoms with Gasteiger partial charge in [-0.2, -0.15) is 0 Å². The summed E-state index contributed by atoms with van der Waals surface area (Å²) < 4.78 is 5.17. The molecule has 0 saturated heterocycles. The molecule has 1 rings (SSSR count). The lowest BCUT2D eigenvalue weighted by Gasteiger charge is -2.28. The number of carbonyl (C=O) groups is 2. The standard InChI is InChI=1S/C12H20ClNO3/c1-12(2,3)17-11(16)14-9-6-4-8(5-7-9)10(13)15/h8-9H,4-7H2,1-3H3,(H,14,16)/t8-,9-. The van der Waals surface area contributed by atoms with E-state index in [0.29, 0.717) is 0 Å². The van der Waals surface area contributed by atoms with Gasteiger partial charge in [-0.05, 0) is 58.1 Å².